The van der Waals surface area contributed by atoms with Crippen LogP contribution in [0.15, 0.2) is 39.9 Å². The smallest absolute Gasteiger partial charge is 0.165 e. The van der Waals surface area contributed by atoms with Crippen LogP contribution in [0.2, 0.25) is 0 Å². The van der Waals surface area contributed by atoms with Crippen molar-refractivity contribution in [3.05, 3.63) is 47.1 Å². The van der Waals surface area contributed by atoms with Crippen molar-refractivity contribution in [3.63, 3.8) is 0 Å². The number of ether oxygens (including phenoxy) is 1. The quantitative estimate of drug-likeness (QED) is 0.850. The highest BCUT2D eigenvalue weighted by Gasteiger charge is 2.10. The van der Waals surface area contributed by atoms with E-state index in [2.05, 4.69) is 6.07 Å². The topological polar surface area (TPSA) is 35.2 Å². The molecule has 2 N–H and O–H groups in total. The number of halogens is 1. The number of hydrogen-bond donors (Lipinski definition) is 1. The Balaban J connectivity index is 2.00. The van der Waals surface area contributed by atoms with Gasteiger partial charge in [-0.15, -0.1) is 23.1 Å². The Bertz CT molecular complexity index is 502. The zero-order valence-corrected chi connectivity index (χ0v) is 11.6. The molecule has 1 aromatic carbocycles. The van der Waals surface area contributed by atoms with Crippen molar-refractivity contribution in [3.8, 4) is 5.75 Å². The summed E-state index contributed by atoms with van der Waals surface area (Å²) in [5.41, 5.74) is 6.84. The minimum Gasteiger partial charge on any atom is -0.494 e. The van der Waals surface area contributed by atoms with Crippen LogP contribution >= 0.6 is 23.1 Å². The van der Waals surface area contributed by atoms with E-state index in [1.54, 1.807) is 29.2 Å². The van der Waals surface area contributed by atoms with E-state index in [-0.39, 0.29) is 17.6 Å². The standard InChI is InChI=1S/C13H14FNOS2/c1-16-12-5-4-9(7-10(12)14)11(15)8-18-13-3-2-6-17-13/h2-7,11H,8,15H2,1H3. The molecule has 1 heterocycles. The van der Waals surface area contributed by atoms with Crippen LogP contribution in [0.25, 0.3) is 0 Å². The molecule has 0 spiro atoms. The Kier molecular flexibility index (Phi) is 4.63. The second-order valence-corrected chi connectivity index (χ2v) is 6.01. The fourth-order valence-corrected chi connectivity index (χ4v) is 3.33. The fourth-order valence-electron chi connectivity index (χ4n) is 1.53. The maximum absolute atomic E-state index is 13.5. The summed E-state index contributed by atoms with van der Waals surface area (Å²) >= 11 is 3.37. The van der Waals surface area contributed by atoms with Gasteiger partial charge in [0, 0.05) is 11.8 Å². The molecule has 1 atom stereocenters. The molecule has 18 heavy (non-hydrogen) atoms. The summed E-state index contributed by atoms with van der Waals surface area (Å²) in [7, 11) is 1.45. The van der Waals surface area contributed by atoms with Crippen LogP contribution in [0, 0.1) is 5.82 Å². The minimum atomic E-state index is -0.369. The van der Waals surface area contributed by atoms with Gasteiger partial charge < -0.3 is 10.5 Å². The largest absolute Gasteiger partial charge is 0.494 e. The molecule has 1 aromatic heterocycles. The van der Waals surface area contributed by atoms with Gasteiger partial charge in [-0.2, -0.15) is 0 Å². The Hall–Kier alpha value is -1.04. The maximum atomic E-state index is 13.5. The summed E-state index contributed by atoms with van der Waals surface area (Å²) < 4.78 is 19.6. The van der Waals surface area contributed by atoms with Gasteiger partial charge in [-0.3, -0.25) is 0 Å². The van der Waals surface area contributed by atoms with Gasteiger partial charge >= 0.3 is 0 Å². The van der Waals surface area contributed by atoms with Crippen molar-refractivity contribution in [1.29, 1.82) is 0 Å². The average Bonchev–Trinajstić information content (AvgIpc) is 2.89. The lowest BCUT2D eigenvalue weighted by Gasteiger charge is -2.12. The molecule has 0 saturated heterocycles. The van der Waals surface area contributed by atoms with Gasteiger partial charge in [0.15, 0.2) is 11.6 Å². The van der Waals surface area contributed by atoms with Crippen LogP contribution in [-0.2, 0) is 0 Å². The zero-order valence-electron chi connectivity index (χ0n) is 9.93. The fraction of sp³-hybridized carbons (Fsp3) is 0.231. The Morgan fingerprint density at radius 3 is 2.89 bits per heavy atom. The molecule has 0 aliphatic carbocycles. The van der Waals surface area contributed by atoms with Crippen molar-refractivity contribution >= 4 is 23.1 Å². The molecule has 5 heteroatoms. The van der Waals surface area contributed by atoms with E-state index in [4.69, 9.17) is 10.5 Å². The highest BCUT2D eigenvalue weighted by atomic mass is 32.2. The van der Waals surface area contributed by atoms with Crippen LogP contribution in [0.3, 0.4) is 0 Å². The summed E-state index contributed by atoms with van der Waals surface area (Å²) in [5, 5.41) is 2.03. The highest BCUT2D eigenvalue weighted by molar-refractivity contribution is 8.01. The second-order valence-electron chi connectivity index (χ2n) is 3.74. The van der Waals surface area contributed by atoms with E-state index in [0.29, 0.717) is 0 Å². The lowest BCUT2D eigenvalue weighted by atomic mass is 10.1. The molecular formula is C13H14FNOS2. The van der Waals surface area contributed by atoms with Crippen molar-refractivity contribution in [2.24, 2.45) is 5.73 Å². The number of nitrogens with two attached hydrogens (primary N) is 1. The predicted octanol–water partition coefficient (Wildman–Crippen LogP) is 3.69. The van der Waals surface area contributed by atoms with Crippen molar-refractivity contribution in [2.75, 3.05) is 12.9 Å². The average molecular weight is 283 g/mol. The highest BCUT2D eigenvalue weighted by Crippen LogP contribution is 2.28. The van der Waals surface area contributed by atoms with Gasteiger partial charge in [0.25, 0.3) is 0 Å². The van der Waals surface area contributed by atoms with E-state index in [1.807, 2.05) is 17.5 Å². The van der Waals surface area contributed by atoms with Crippen molar-refractivity contribution < 1.29 is 9.13 Å². The van der Waals surface area contributed by atoms with Crippen LogP contribution < -0.4 is 10.5 Å². The molecule has 2 nitrogen and oxygen atoms in total. The molecule has 96 valence electrons. The van der Waals surface area contributed by atoms with E-state index in [1.165, 1.54) is 17.4 Å². The normalized spacial score (nSPS) is 12.4. The third kappa shape index (κ3) is 3.25. The summed E-state index contributed by atoms with van der Waals surface area (Å²) in [4.78, 5) is 0. The van der Waals surface area contributed by atoms with Crippen LogP contribution in [0.4, 0.5) is 4.39 Å². The van der Waals surface area contributed by atoms with E-state index >= 15 is 0 Å². The van der Waals surface area contributed by atoms with Crippen molar-refractivity contribution in [1.82, 2.24) is 0 Å². The first-order valence-electron chi connectivity index (χ1n) is 5.46. The Morgan fingerprint density at radius 2 is 2.28 bits per heavy atom. The minimum absolute atomic E-state index is 0.183. The first-order valence-corrected chi connectivity index (χ1v) is 7.32. The Morgan fingerprint density at radius 1 is 1.44 bits per heavy atom. The van der Waals surface area contributed by atoms with Gasteiger partial charge in [0.05, 0.1) is 11.3 Å². The molecule has 0 aliphatic heterocycles. The third-order valence-corrected chi connectivity index (χ3v) is 4.75. The number of thiophene rings is 1. The molecule has 0 aliphatic rings. The van der Waals surface area contributed by atoms with Gasteiger partial charge in [-0.25, -0.2) is 4.39 Å². The van der Waals surface area contributed by atoms with Gasteiger partial charge in [-0.05, 0) is 29.1 Å². The predicted molar refractivity (Wildman–Crippen MR) is 74.9 cm³/mol. The molecule has 1 unspecified atom stereocenters. The van der Waals surface area contributed by atoms with Crippen LogP contribution in [-0.4, -0.2) is 12.9 Å². The van der Waals surface area contributed by atoms with E-state index in [0.717, 1.165) is 11.3 Å². The molecule has 0 bridgehead atoms. The number of rotatable bonds is 5. The van der Waals surface area contributed by atoms with Gasteiger partial charge in [0.2, 0.25) is 0 Å². The summed E-state index contributed by atoms with van der Waals surface area (Å²) in [6.07, 6.45) is 0. The van der Waals surface area contributed by atoms with Crippen molar-refractivity contribution in [2.45, 2.75) is 10.3 Å². The lowest BCUT2D eigenvalue weighted by molar-refractivity contribution is 0.386. The number of thioether (sulfide) groups is 1. The lowest BCUT2D eigenvalue weighted by Crippen LogP contribution is -2.13. The molecule has 0 saturated carbocycles. The molecular weight excluding hydrogens is 269 g/mol. The Labute approximate surface area is 114 Å². The summed E-state index contributed by atoms with van der Waals surface area (Å²) in [5.74, 6) is 0.607. The first-order chi connectivity index (χ1) is 8.70. The second kappa shape index (κ2) is 6.22. The first kappa shape index (κ1) is 13.4. The summed E-state index contributed by atoms with van der Waals surface area (Å²) in [6.45, 7) is 0. The van der Waals surface area contributed by atoms with Crippen LogP contribution in [0.5, 0.6) is 5.75 Å². The monoisotopic (exact) mass is 283 g/mol. The number of methoxy groups -OCH3 is 1. The number of hydrogen-bond acceptors (Lipinski definition) is 4. The third-order valence-electron chi connectivity index (χ3n) is 2.50. The molecule has 0 radical (unpaired) electrons. The van der Waals surface area contributed by atoms with Gasteiger partial charge in [0.1, 0.15) is 0 Å². The SMILES string of the molecule is COc1ccc(C(N)CSc2cccs2)cc1F. The van der Waals surface area contributed by atoms with E-state index < -0.39 is 0 Å². The summed E-state index contributed by atoms with van der Waals surface area (Å²) in [6, 6.07) is 8.74. The van der Waals surface area contributed by atoms with E-state index in [9.17, 15) is 4.39 Å². The molecule has 0 amide bonds. The molecule has 0 fully saturated rings. The van der Waals surface area contributed by atoms with Crippen LogP contribution in [0.1, 0.15) is 11.6 Å². The molecule has 2 rings (SSSR count). The molecule has 2 aromatic rings. The maximum Gasteiger partial charge on any atom is 0.165 e. The zero-order chi connectivity index (χ0) is 13.0. The van der Waals surface area contributed by atoms with Gasteiger partial charge in [-0.1, -0.05) is 12.1 Å². The number of benzene rings is 1.